The Morgan fingerprint density at radius 3 is 2.93 bits per heavy atom. The van der Waals surface area contributed by atoms with Crippen LogP contribution in [-0.4, -0.2) is 6.10 Å². The van der Waals surface area contributed by atoms with E-state index in [1.54, 1.807) is 6.07 Å². The predicted molar refractivity (Wildman–Crippen MR) is 57.7 cm³/mol. The quantitative estimate of drug-likeness (QED) is 0.846. The van der Waals surface area contributed by atoms with Crippen molar-refractivity contribution in [1.82, 2.24) is 0 Å². The average Bonchev–Trinajstić information content (AvgIpc) is 2.47. The molecular weight excluding hydrogens is 217 g/mol. The van der Waals surface area contributed by atoms with Gasteiger partial charge >= 0.3 is 0 Å². The summed E-state index contributed by atoms with van der Waals surface area (Å²) < 4.78 is 18.7. The number of hydrogen-bond acceptors (Lipinski definition) is 2. The number of fused-ring (bicyclic) bond motifs is 1. The monoisotopic (exact) mass is 229 g/mol. The number of hydrogen-bond donors (Lipinski definition) is 1. The van der Waals surface area contributed by atoms with Crippen molar-refractivity contribution in [3.8, 4) is 5.75 Å². The number of nitrogens with two attached hydrogens (primary N) is 1. The second-order valence-corrected chi connectivity index (χ2v) is 4.18. The highest BCUT2D eigenvalue weighted by atomic mass is 35.5. The molecule has 0 spiro atoms. The van der Waals surface area contributed by atoms with Gasteiger partial charge in [-0.15, -0.1) is 0 Å². The molecule has 2 nitrogen and oxygen atoms in total. The van der Waals surface area contributed by atoms with Crippen LogP contribution in [-0.2, 0) is 0 Å². The summed E-state index contributed by atoms with van der Waals surface area (Å²) in [7, 11) is 0. The summed E-state index contributed by atoms with van der Waals surface area (Å²) in [6.45, 7) is 2.06. The Morgan fingerprint density at radius 1 is 1.53 bits per heavy atom. The van der Waals surface area contributed by atoms with Gasteiger partial charge in [0.25, 0.3) is 0 Å². The SMILES string of the molecule is CCCC1Oc2cc(F)c(Cl)cc2C1N. The maximum atomic E-state index is 13.2. The van der Waals surface area contributed by atoms with Crippen molar-refractivity contribution in [2.45, 2.75) is 31.9 Å². The molecular formula is C11H13ClFNO. The van der Waals surface area contributed by atoms with E-state index in [-0.39, 0.29) is 17.2 Å². The zero-order chi connectivity index (χ0) is 11.0. The van der Waals surface area contributed by atoms with Crippen molar-refractivity contribution < 1.29 is 9.13 Å². The van der Waals surface area contributed by atoms with E-state index in [1.807, 2.05) is 0 Å². The van der Waals surface area contributed by atoms with Crippen LogP contribution >= 0.6 is 11.6 Å². The lowest BCUT2D eigenvalue weighted by Gasteiger charge is -2.13. The lowest BCUT2D eigenvalue weighted by atomic mass is 10.0. The minimum Gasteiger partial charge on any atom is -0.488 e. The molecule has 1 aromatic rings. The van der Waals surface area contributed by atoms with Crippen molar-refractivity contribution in [2.75, 3.05) is 0 Å². The van der Waals surface area contributed by atoms with Gasteiger partial charge < -0.3 is 10.5 Å². The predicted octanol–water partition coefficient (Wildman–Crippen LogP) is 3.04. The van der Waals surface area contributed by atoms with Crippen LogP contribution in [0.5, 0.6) is 5.75 Å². The summed E-state index contributed by atoms with van der Waals surface area (Å²) in [5.74, 6) is 0.0719. The molecule has 0 aromatic heterocycles. The molecule has 1 aromatic carbocycles. The van der Waals surface area contributed by atoms with E-state index in [2.05, 4.69) is 6.92 Å². The van der Waals surface area contributed by atoms with Gasteiger partial charge in [-0.2, -0.15) is 0 Å². The lowest BCUT2D eigenvalue weighted by molar-refractivity contribution is 0.194. The molecule has 0 aliphatic carbocycles. The normalized spacial score (nSPS) is 23.7. The summed E-state index contributed by atoms with van der Waals surface area (Å²) >= 11 is 5.70. The molecule has 1 heterocycles. The standard InChI is InChI=1S/C11H13ClFNO/c1-2-3-9-11(14)6-4-7(12)8(13)5-10(6)15-9/h4-5,9,11H,2-3,14H2,1H3. The van der Waals surface area contributed by atoms with E-state index in [4.69, 9.17) is 22.1 Å². The van der Waals surface area contributed by atoms with Gasteiger partial charge in [-0.3, -0.25) is 0 Å². The second-order valence-electron chi connectivity index (χ2n) is 3.77. The zero-order valence-electron chi connectivity index (χ0n) is 8.47. The Balaban J connectivity index is 2.33. The summed E-state index contributed by atoms with van der Waals surface area (Å²) in [5, 5.41) is 0.102. The number of halogens is 2. The summed E-state index contributed by atoms with van der Waals surface area (Å²) in [6, 6.07) is 2.68. The highest BCUT2D eigenvalue weighted by Gasteiger charge is 2.31. The molecule has 2 unspecified atom stereocenters. The highest BCUT2D eigenvalue weighted by molar-refractivity contribution is 6.30. The fourth-order valence-electron chi connectivity index (χ4n) is 1.87. The van der Waals surface area contributed by atoms with Gasteiger partial charge in [0.1, 0.15) is 17.7 Å². The molecule has 0 amide bonds. The van der Waals surface area contributed by atoms with Gasteiger partial charge in [0.05, 0.1) is 11.1 Å². The molecule has 0 saturated heterocycles. The first kappa shape index (κ1) is 10.7. The Kier molecular flexibility index (Phi) is 2.85. The van der Waals surface area contributed by atoms with E-state index in [0.717, 1.165) is 18.4 Å². The summed E-state index contributed by atoms with van der Waals surface area (Å²) in [5.41, 5.74) is 6.79. The van der Waals surface area contributed by atoms with Crippen LogP contribution in [0.3, 0.4) is 0 Å². The molecule has 0 fully saturated rings. The van der Waals surface area contributed by atoms with Crippen LogP contribution in [0.25, 0.3) is 0 Å². The third-order valence-electron chi connectivity index (χ3n) is 2.66. The molecule has 4 heteroatoms. The van der Waals surface area contributed by atoms with E-state index in [9.17, 15) is 4.39 Å². The van der Waals surface area contributed by atoms with Gasteiger partial charge in [0.15, 0.2) is 0 Å². The van der Waals surface area contributed by atoms with Crippen molar-refractivity contribution >= 4 is 11.6 Å². The Labute approximate surface area is 93.2 Å². The molecule has 1 aliphatic rings. The first-order valence-corrected chi connectivity index (χ1v) is 5.42. The van der Waals surface area contributed by atoms with E-state index >= 15 is 0 Å². The largest absolute Gasteiger partial charge is 0.488 e. The minimum atomic E-state index is -0.459. The maximum absolute atomic E-state index is 13.2. The number of benzene rings is 1. The van der Waals surface area contributed by atoms with Crippen LogP contribution in [0, 0.1) is 5.82 Å². The van der Waals surface area contributed by atoms with Gasteiger partial charge in [-0.25, -0.2) is 4.39 Å². The van der Waals surface area contributed by atoms with Crippen molar-refractivity contribution in [1.29, 1.82) is 0 Å². The number of rotatable bonds is 2. The Hall–Kier alpha value is -0.800. The molecule has 0 saturated carbocycles. The van der Waals surface area contributed by atoms with E-state index in [0.29, 0.717) is 5.75 Å². The van der Waals surface area contributed by atoms with E-state index < -0.39 is 5.82 Å². The average molecular weight is 230 g/mol. The molecule has 15 heavy (non-hydrogen) atoms. The molecule has 0 radical (unpaired) electrons. The Bertz CT molecular complexity index is 383. The third-order valence-corrected chi connectivity index (χ3v) is 2.95. The topological polar surface area (TPSA) is 35.2 Å². The maximum Gasteiger partial charge on any atom is 0.145 e. The highest BCUT2D eigenvalue weighted by Crippen LogP contribution is 2.39. The van der Waals surface area contributed by atoms with Crippen LogP contribution in [0.2, 0.25) is 5.02 Å². The van der Waals surface area contributed by atoms with Crippen LogP contribution in [0.4, 0.5) is 4.39 Å². The molecule has 82 valence electrons. The summed E-state index contributed by atoms with van der Waals surface area (Å²) in [4.78, 5) is 0. The number of ether oxygens (including phenoxy) is 1. The Morgan fingerprint density at radius 2 is 2.27 bits per heavy atom. The van der Waals surface area contributed by atoms with Gasteiger partial charge in [0.2, 0.25) is 0 Å². The fourth-order valence-corrected chi connectivity index (χ4v) is 2.04. The van der Waals surface area contributed by atoms with E-state index in [1.165, 1.54) is 6.07 Å². The molecule has 2 rings (SSSR count). The van der Waals surface area contributed by atoms with Crippen LogP contribution in [0.15, 0.2) is 12.1 Å². The zero-order valence-corrected chi connectivity index (χ0v) is 9.22. The van der Waals surface area contributed by atoms with Gasteiger partial charge in [-0.1, -0.05) is 24.9 Å². The fraction of sp³-hybridized carbons (Fsp3) is 0.455. The molecule has 0 bridgehead atoms. The smallest absolute Gasteiger partial charge is 0.145 e. The molecule has 2 atom stereocenters. The van der Waals surface area contributed by atoms with Crippen molar-refractivity contribution in [3.63, 3.8) is 0 Å². The van der Waals surface area contributed by atoms with Gasteiger partial charge in [-0.05, 0) is 12.5 Å². The minimum absolute atomic E-state index is 0.0529. The molecule has 1 aliphatic heterocycles. The van der Waals surface area contributed by atoms with Crippen molar-refractivity contribution in [3.05, 3.63) is 28.5 Å². The first-order valence-electron chi connectivity index (χ1n) is 5.04. The van der Waals surface area contributed by atoms with Gasteiger partial charge in [0, 0.05) is 11.6 Å². The second kappa shape index (κ2) is 3.99. The summed E-state index contributed by atoms with van der Waals surface area (Å²) in [6.07, 6.45) is 1.81. The first-order chi connectivity index (χ1) is 7.13. The van der Waals surface area contributed by atoms with Crippen LogP contribution in [0.1, 0.15) is 31.4 Å². The van der Waals surface area contributed by atoms with Crippen molar-refractivity contribution in [2.24, 2.45) is 5.73 Å². The molecule has 2 N–H and O–H groups in total. The lowest BCUT2D eigenvalue weighted by Crippen LogP contribution is -2.24. The van der Waals surface area contributed by atoms with Crippen LogP contribution < -0.4 is 10.5 Å². The third kappa shape index (κ3) is 1.82.